The molecule has 0 aliphatic heterocycles. The molecule has 1 amide bonds. The summed E-state index contributed by atoms with van der Waals surface area (Å²) >= 11 is 1.50. The molecule has 0 spiro atoms. The molecule has 31 heavy (non-hydrogen) atoms. The average Bonchev–Trinajstić information content (AvgIpc) is 3.34. The standard InChI is InChI=1S/C21H22N6O3S/c1-12-2-3-15-16(4-12)31-19(23-15)24-17(28)20-6-13-5-14(7-20)9-21(8-13,10-20)26-11-22-18(25-26)27(29)30/h2-4,11,13-14H,5-10H2,1H3,(H,23,24,28)/t13-,14-,20?,21?/m1/s1. The van der Waals surface area contributed by atoms with E-state index in [1.165, 1.54) is 23.2 Å². The van der Waals surface area contributed by atoms with Crippen molar-refractivity contribution in [2.45, 2.75) is 51.0 Å². The fourth-order valence-corrected chi connectivity index (χ4v) is 7.59. The third kappa shape index (κ3) is 2.88. The number of thiazole rings is 1. The number of hydrogen-bond donors (Lipinski definition) is 1. The minimum Gasteiger partial charge on any atom is -0.390 e. The van der Waals surface area contributed by atoms with E-state index < -0.39 is 10.3 Å². The van der Waals surface area contributed by atoms with Gasteiger partial charge in [0.15, 0.2) is 5.13 Å². The van der Waals surface area contributed by atoms with Crippen molar-refractivity contribution in [3.05, 3.63) is 40.2 Å². The van der Waals surface area contributed by atoms with Crippen LogP contribution >= 0.6 is 11.3 Å². The summed E-state index contributed by atoms with van der Waals surface area (Å²) in [6.07, 6.45) is 6.76. The predicted octanol–water partition coefficient (Wildman–Crippen LogP) is 4.04. The lowest BCUT2D eigenvalue weighted by Crippen LogP contribution is -2.60. The van der Waals surface area contributed by atoms with Gasteiger partial charge in [-0.05, 0) is 79.9 Å². The van der Waals surface area contributed by atoms with Crippen LogP contribution in [-0.4, -0.2) is 30.6 Å². The van der Waals surface area contributed by atoms with Gasteiger partial charge < -0.3 is 15.4 Å². The summed E-state index contributed by atoms with van der Waals surface area (Å²) in [5, 5.41) is 19.0. The Kier molecular flexibility index (Phi) is 3.84. The van der Waals surface area contributed by atoms with Crippen LogP contribution in [0.25, 0.3) is 10.2 Å². The fraction of sp³-hybridized carbons (Fsp3) is 0.524. The molecule has 1 N–H and O–H groups in total. The molecule has 0 radical (unpaired) electrons. The molecular weight excluding hydrogens is 416 g/mol. The number of carbonyl (C=O) groups excluding carboxylic acids is 1. The number of nitrogens with zero attached hydrogens (tertiary/aromatic N) is 5. The molecule has 3 aromatic rings. The van der Waals surface area contributed by atoms with Crippen molar-refractivity contribution in [3.63, 3.8) is 0 Å². The summed E-state index contributed by atoms with van der Waals surface area (Å²) in [5.41, 5.74) is 1.20. The third-order valence-corrected chi connectivity index (χ3v) is 8.34. The molecule has 4 saturated carbocycles. The zero-order valence-electron chi connectivity index (χ0n) is 17.1. The third-order valence-electron chi connectivity index (χ3n) is 7.41. The number of aromatic nitrogens is 4. The molecule has 160 valence electrons. The van der Waals surface area contributed by atoms with Gasteiger partial charge in [-0.1, -0.05) is 22.4 Å². The number of hydrogen-bond acceptors (Lipinski definition) is 7. The number of aryl methyl sites for hydroxylation is 1. The second kappa shape index (κ2) is 6.32. The molecule has 2 aromatic heterocycles. The van der Waals surface area contributed by atoms with Crippen molar-refractivity contribution in [1.29, 1.82) is 0 Å². The Labute approximate surface area is 182 Å². The topological polar surface area (TPSA) is 116 Å². The summed E-state index contributed by atoms with van der Waals surface area (Å²) < 4.78 is 2.75. The van der Waals surface area contributed by atoms with Crippen LogP contribution in [0.1, 0.15) is 44.1 Å². The highest BCUT2D eigenvalue weighted by atomic mass is 32.1. The van der Waals surface area contributed by atoms with E-state index in [0.29, 0.717) is 23.4 Å². The first-order chi connectivity index (χ1) is 14.8. The second-order valence-corrected chi connectivity index (χ2v) is 10.7. The number of amides is 1. The SMILES string of the molecule is Cc1ccc2nc(NC(=O)C34C[C@H]5C[C@H](C3)CC(n3cnc([N+](=O)[O-])n3)(C5)C4)sc2c1. The van der Waals surface area contributed by atoms with Crippen LogP contribution in [0.5, 0.6) is 0 Å². The molecule has 2 heterocycles. The molecule has 4 bridgehead atoms. The molecule has 10 heteroatoms. The maximum atomic E-state index is 13.6. The molecule has 4 fully saturated rings. The van der Waals surface area contributed by atoms with Crippen molar-refractivity contribution in [2.75, 3.05) is 5.32 Å². The highest BCUT2D eigenvalue weighted by Gasteiger charge is 2.62. The van der Waals surface area contributed by atoms with Crippen LogP contribution < -0.4 is 5.32 Å². The van der Waals surface area contributed by atoms with E-state index in [0.717, 1.165) is 42.3 Å². The highest BCUT2D eigenvalue weighted by Crippen LogP contribution is 2.64. The van der Waals surface area contributed by atoms with E-state index in [4.69, 9.17) is 0 Å². The van der Waals surface area contributed by atoms with Gasteiger partial charge in [-0.2, -0.15) is 4.68 Å². The lowest BCUT2D eigenvalue weighted by Gasteiger charge is -2.60. The average molecular weight is 439 g/mol. The number of nitro groups is 1. The van der Waals surface area contributed by atoms with Crippen LogP contribution in [0.3, 0.4) is 0 Å². The first kappa shape index (κ1) is 18.9. The fourth-order valence-electron chi connectivity index (χ4n) is 6.63. The quantitative estimate of drug-likeness (QED) is 0.485. The molecule has 4 aliphatic carbocycles. The van der Waals surface area contributed by atoms with E-state index in [9.17, 15) is 14.9 Å². The molecule has 4 aliphatic rings. The molecule has 0 saturated heterocycles. The van der Waals surface area contributed by atoms with Gasteiger partial charge in [-0.25, -0.2) is 4.98 Å². The zero-order chi connectivity index (χ0) is 21.4. The first-order valence-electron chi connectivity index (χ1n) is 10.6. The van der Waals surface area contributed by atoms with Gasteiger partial charge in [0, 0.05) is 5.10 Å². The van der Waals surface area contributed by atoms with Crippen molar-refractivity contribution in [2.24, 2.45) is 17.3 Å². The van der Waals surface area contributed by atoms with Gasteiger partial charge in [0.25, 0.3) is 0 Å². The molecule has 9 nitrogen and oxygen atoms in total. The van der Waals surface area contributed by atoms with Gasteiger partial charge in [-0.15, -0.1) is 0 Å². The van der Waals surface area contributed by atoms with E-state index in [-0.39, 0.29) is 17.4 Å². The van der Waals surface area contributed by atoms with Gasteiger partial charge in [-0.3, -0.25) is 4.79 Å². The minimum absolute atomic E-state index is 0.0244. The van der Waals surface area contributed by atoms with E-state index in [2.05, 4.69) is 26.4 Å². The van der Waals surface area contributed by atoms with Crippen molar-refractivity contribution < 1.29 is 9.72 Å². The van der Waals surface area contributed by atoms with Crippen molar-refractivity contribution in [1.82, 2.24) is 19.7 Å². The lowest BCUT2D eigenvalue weighted by molar-refractivity contribution is -0.394. The number of fused-ring (bicyclic) bond motifs is 1. The number of carbonyl (C=O) groups is 1. The Balaban J connectivity index is 1.32. The second-order valence-electron chi connectivity index (χ2n) is 9.66. The number of benzene rings is 1. The van der Waals surface area contributed by atoms with Crippen LogP contribution in [0.4, 0.5) is 11.1 Å². The molecule has 2 atom stereocenters. The molecular formula is C21H22N6O3S. The van der Waals surface area contributed by atoms with Crippen LogP contribution in [0.2, 0.25) is 0 Å². The minimum atomic E-state index is -0.561. The number of anilines is 1. The molecule has 7 rings (SSSR count). The van der Waals surface area contributed by atoms with Gasteiger partial charge in [0.05, 0.1) is 21.2 Å². The Morgan fingerprint density at radius 1 is 1.29 bits per heavy atom. The zero-order valence-corrected chi connectivity index (χ0v) is 17.9. The van der Waals surface area contributed by atoms with E-state index >= 15 is 0 Å². The van der Waals surface area contributed by atoms with E-state index in [1.54, 1.807) is 4.68 Å². The van der Waals surface area contributed by atoms with Crippen LogP contribution in [0.15, 0.2) is 24.5 Å². The Morgan fingerprint density at radius 3 is 2.77 bits per heavy atom. The van der Waals surface area contributed by atoms with Gasteiger partial charge >= 0.3 is 5.95 Å². The summed E-state index contributed by atoms with van der Waals surface area (Å²) in [4.78, 5) is 32.6. The number of nitrogens with one attached hydrogen (secondary N) is 1. The summed E-state index contributed by atoms with van der Waals surface area (Å²) in [6, 6.07) is 6.09. The first-order valence-corrected chi connectivity index (χ1v) is 11.4. The maximum absolute atomic E-state index is 13.6. The Morgan fingerprint density at radius 2 is 2.06 bits per heavy atom. The summed E-state index contributed by atoms with van der Waals surface area (Å²) in [7, 11) is 0. The number of rotatable bonds is 4. The van der Waals surface area contributed by atoms with Gasteiger partial charge in [0.2, 0.25) is 12.2 Å². The highest BCUT2D eigenvalue weighted by molar-refractivity contribution is 7.22. The summed E-state index contributed by atoms with van der Waals surface area (Å²) in [6.45, 7) is 2.04. The van der Waals surface area contributed by atoms with Crippen LogP contribution in [-0.2, 0) is 10.3 Å². The summed E-state index contributed by atoms with van der Waals surface area (Å²) in [5.74, 6) is 0.497. The normalized spacial score (nSPS) is 31.3. The van der Waals surface area contributed by atoms with Gasteiger partial charge in [0.1, 0.15) is 0 Å². The van der Waals surface area contributed by atoms with Crippen molar-refractivity contribution >= 4 is 38.5 Å². The monoisotopic (exact) mass is 438 g/mol. The maximum Gasteiger partial charge on any atom is 0.490 e. The lowest BCUT2D eigenvalue weighted by atomic mass is 9.46. The molecule has 0 unspecified atom stereocenters. The smallest absolute Gasteiger partial charge is 0.390 e. The van der Waals surface area contributed by atoms with E-state index in [1.807, 2.05) is 19.1 Å². The Hall–Kier alpha value is -2.88. The molecule has 1 aromatic carbocycles. The van der Waals surface area contributed by atoms with Crippen LogP contribution in [0, 0.1) is 34.3 Å². The largest absolute Gasteiger partial charge is 0.490 e. The van der Waals surface area contributed by atoms with Crippen molar-refractivity contribution in [3.8, 4) is 0 Å². The predicted molar refractivity (Wildman–Crippen MR) is 115 cm³/mol. The Bertz CT molecular complexity index is 1220.